The second-order valence-corrected chi connectivity index (χ2v) is 10.9. The Morgan fingerprint density at radius 2 is 1.56 bits per heavy atom. The van der Waals surface area contributed by atoms with E-state index >= 15 is 0 Å². The molecule has 1 N–H and O–H groups in total. The second kappa shape index (κ2) is 9.90. The second-order valence-electron chi connectivity index (χ2n) is 7.17. The summed E-state index contributed by atoms with van der Waals surface area (Å²) in [6, 6.07) is 10.2. The van der Waals surface area contributed by atoms with Crippen molar-refractivity contribution in [3.8, 4) is 0 Å². The maximum atomic E-state index is 13.1. The Bertz CT molecular complexity index is 1180. The molecule has 172 valence electrons. The van der Waals surface area contributed by atoms with Gasteiger partial charge in [0.1, 0.15) is 5.82 Å². The summed E-state index contributed by atoms with van der Waals surface area (Å²) in [7, 11) is -7.49. The molecule has 0 spiro atoms. The topological polar surface area (TPSA) is 104 Å². The zero-order valence-corrected chi connectivity index (χ0v) is 18.9. The minimum absolute atomic E-state index is 0.000498. The zero-order chi connectivity index (χ0) is 23.4. The highest BCUT2D eigenvalue weighted by Crippen LogP contribution is 2.19. The van der Waals surface area contributed by atoms with Crippen molar-refractivity contribution in [3.05, 3.63) is 72.6 Å². The number of carbonyl (C=O) groups excluding carboxylic acids is 1. The van der Waals surface area contributed by atoms with Crippen LogP contribution in [0, 0.1) is 5.82 Å². The van der Waals surface area contributed by atoms with Gasteiger partial charge >= 0.3 is 0 Å². The Morgan fingerprint density at radius 3 is 2.19 bits per heavy atom. The predicted octanol–water partition coefficient (Wildman–Crippen LogP) is 1.83. The molecule has 2 aromatic carbocycles. The standard InChI is InChI=1S/C21H24FN3O5S2/c1-2-12-23-31(27,28)19-8-4-17(5-9-19)21(26)24-13-3-14-25(16-15-24)32(29,30)20-10-6-18(22)7-11-20/h2,4-11,23H,1,3,12-16H2. The third kappa shape index (κ3) is 5.41. The Kier molecular flexibility index (Phi) is 7.44. The Balaban J connectivity index is 1.69. The molecule has 3 rings (SSSR count). The van der Waals surface area contributed by atoms with Gasteiger partial charge in [-0.3, -0.25) is 4.79 Å². The molecule has 1 saturated heterocycles. The molecular formula is C21H24FN3O5S2. The summed E-state index contributed by atoms with van der Waals surface area (Å²) in [4.78, 5) is 14.5. The monoisotopic (exact) mass is 481 g/mol. The molecule has 0 saturated carbocycles. The number of rotatable bonds is 7. The number of nitrogens with zero attached hydrogens (tertiary/aromatic N) is 2. The fraction of sp³-hybridized carbons (Fsp3) is 0.286. The first kappa shape index (κ1) is 24.1. The lowest BCUT2D eigenvalue weighted by Gasteiger charge is -2.22. The molecule has 1 aliphatic heterocycles. The number of amides is 1. The first-order chi connectivity index (χ1) is 15.1. The summed E-state index contributed by atoms with van der Waals surface area (Å²) in [5.41, 5.74) is 0.308. The lowest BCUT2D eigenvalue weighted by atomic mass is 10.2. The van der Waals surface area contributed by atoms with Crippen LogP contribution in [0.4, 0.5) is 4.39 Å². The smallest absolute Gasteiger partial charge is 0.253 e. The van der Waals surface area contributed by atoms with Crippen molar-refractivity contribution < 1.29 is 26.0 Å². The van der Waals surface area contributed by atoms with Crippen molar-refractivity contribution in [3.63, 3.8) is 0 Å². The van der Waals surface area contributed by atoms with E-state index < -0.39 is 25.9 Å². The van der Waals surface area contributed by atoms with Crippen LogP contribution in [0.5, 0.6) is 0 Å². The third-order valence-electron chi connectivity index (χ3n) is 5.02. The SMILES string of the molecule is C=CCNS(=O)(=O)c1ccc(C(=O)N2CCCN(S(=O)(=O)c3ccc(F)cc3)CC2)cc1. The van der Waals surface area contributed by atoms with Crippen molar-refractivity contribution in [1.82, 2.24) is 13.9 Å². The molecule has 0 unspecified atom stereocenters. The van der Waals surface area contributed by atoms with Crippen LogP contribution < -0.4 is 4.72 Å². The summed E-state index contributed by atoms with van der Waals surface area (Å²) in [5, 5.41) is 0. The molecule has 1 amide bonds. The molecule has 1 heterocycles. The highest BCUT2D eigenvalue weighted by Gasteiger charge is 2.28. The summed E-state index contributed by atoms with van der Waals surface area (Å²) < 4.78 is 66.7. The first-order valence-corrected chi connectivity index (χ1v) is 12.8. The van der Waals surface area contributed by atoms with E-state index in [0.717, 1.165) is 12.1 Å². The van der Waals surface area contributed by atoms with Crippen molar-refractivity contribution >= 4 is 26.0 Å². The molecule has 0 bridgehead atoms. The summed E-state index contributed by atoms with van der Waals surface area (Å²) in [6.07, 6.45) is 1.86. The number of sulfonamides is 2. The summed E-state index contributed by atoms with van der Waals surface area (Å²) >= 11 is 0. The Hall–Kier alpha value is -2.60. The predicted molar refractivity (Wildman–Crippen MR) is 118 cm³/mol. The van der Waals surface area contributed by atoms with Gasteiger partial charge in [0.15, 0.2) is 0 Å². The molecule has 8 nitrogen and oxygen atoms in total. The van der Waals surface area contributed by atoms with Crippen LogP contribution in [0.3, 0.4) is 0 Å². The van der Waals surface area contributed by atoms with E-state index in [9.17, 15) is 26.0 Å². The molecule has 0 atom stereocenters. The van der Waals surface area contributed by atoms with Gasteiger partial charge < -0.3 is 4.90 Å². The third-order valence-corrected chi connectivity index (χ3v) is 8.38. The van der Waals surface area contributed by atoms with Gasteiger partial charge in [-0.05, 0) is 55.0 Å². The average Bonchev–Trinajstić information content (AvgIpc) is 3.04. The van der Waals surface area contributed by atoms with Gasteiger partial charge in [-0.1, -0.05) is 6.08 Å². The molecular weight excluding hydrogens is 457 g/mol. The van der Waals surface area contributed by atoms with E-state index in [4.69, 9.17) is 0 Å². The van der Waals surface area contributed by atoms with Crippen LogP contribution in [-0.2, 0) is 20.0 Å². The minimum atomic E-state index is -3.80. The van der Waals surface area contributed by atoms with E-state index in [1.165, 1.54) is 46.8 Å². The van der Waals surface area contributed by atoms with Gasteiger partial charge in [0.25, 0.3) is 5.91 Å². The maximum absolute atomic E-state index is 13.1. The highest BCUT2D eigenvalue weighted by molar-refractivity contribution is 7.89. The molecule has 1 fully saturated rings. The maximum Gasteiger partial charge on any atom is 0.253 e. The quantitative estimate of drug-likeness (QED) is 0.608. The van der Waals surface area contributed by atoms with Gasteiger partial charge in [0, 0.05) is 38.3 Å². The van der Waals surface area contributed by atoms with Crippen molar-refractivity contribution in [2.45, 2.75) is 16.2 Å². The fourth-order valence-corrected chi connectivity index (χ4v) is 5.77. The number of hydrogen-bond donors (Lipinski definition) is 1. The summed E-state index contributed by atoms with van der Waals surface area (Å²) in [5.74, 6) is -0.832. The molecule has 11 heteroatoms. The van der Waals surface area contributed by atoms with E-state index in [1.807, 2.05) is 0 Å². The fourth-order valence-electron chi connectivity index (χ4n) is 3.30. The first-order valence-electron chi connectivity index (χ1n) is 9.91. The molecule has 1 aliphatic rings. The highest BCUT2D eigenvalue weighted by atomic mass is 32.2. The van der Waals surface area contributed by atoms with Crippen molar-refractivity contribution in [2.24, 2.45) is 0 Å². The number of carbonyl (C=O) groups is 1. The number of nitrogens with one attached hydrogen (secondary N) is 1. The molecule has 0 aliphatic carbocycles. The van der Waals surface area contributed by atoms with Gasteiger partial charge in [-0.15, -0.1) is 6.58 Å². The Labute approximate surface area is 187 Å². The average molecular weight is 482 g/mol. The molecule has 2 aromatic rings. The van der Waals surface area contributed by atoms with Crippen LogP contribution >= 0.6 is 0 Å². The van der Waals surface area contributed by atoms with E-state index in [1.54, 1.807) is 4.90 Å². The number of halogens is 1. The van der Waals surface area contributed by atoms with E-state index in [-0.39, 0.29) is 41.9 Å². The lowest BCUT2D eigenvalue weighted by molar-refractivity contribution is 0.0764. The number of hydrogen-bond acceptors (Lipinski definition) is 5. The number of benzene rings is 2. The zero-order valence-electron chi connectivity index (χ0n) is 17.3. The lowest BCUT2D eigenvalue weighted by Crippen LogP contribution is -2.37. The summed E-state index contributed by atoms with van der Waals surface area (Å²) in [6.45, 7) is 4.42. The van der Waals surface area contributed by atoms with E-state index in [0.29, 0.717) is 18.5 Å². The van der Waals surface area contributed by atoms with Crippen LogP contribution in [-0.4, -0.2) is 64.7 Å². The molecule has 0 radical (unpaired) electrons. The minimum Gasteiger partial charge on any atom is -0.337 e. The van der Waals surface area contributed by atoms with Crippen molar-refractivity contribution in [1.29, 1.82) is 0 Å². The normalized spacial score (nSPS) is 15.8. The van der Waals surface area contributed by atoms with Crippen LogP contribution in [0.2, 0.25) is 0 Å². The largest absolute Gasteiger partial charge is 0.337 e. The van der Waals surface area contributed by atoms with Gasteiger partial charge in [-0.25, -0.2) is 25.9 Å². The molecule has 32 heavy (non-hydrogen) atoms. The Morgan fingerprint density at radius 1 is 0.938 bits per heavy atom. The molecule has 0 aromatic heterocycles. The van der Waals surface area contributed by atoms with Gasteiger partial charge in [0.2, 0.25) is 20.0 Å². The van der Waals surface area contributed by atoms with Crippen LogP contribution in [0.15, 0.2) is 71.0 Å². The van der Waals surface area contributed by atoms with Gasteiger partial charge in [0.05, 0.1) is 9.79 Å². The van der Waals surface area contributed by atoms with Gasteiger partial charge in [-0.2, -0.15) is 4.31 Å². The van der Waals surface area contributed by atoms with Crippen molar-refractivity contribution in [2.75, 3.05) is 32.7 Å². The van der Waals surface area contributed by atoms with E-state index in [2.05, 4.69) is 11.3 Å². The van der Waals surface area contributed by atoms with Crippen LogP contribution in [0.1, 0.15) is 16.8 Å². The van der Waals surface area contributed by atoms with Crippen LogP contribution in [0.25, 0.3) is 0 Å².